The minimum atomic E-state index is -0.475. The lowest BCUT2D eigenvalue weighted by atomic mass is 10.1. The molecule has 0 unspecified atom stereocenters. The Bertz CT molecular complexity index is 597. The molecule has 0 bridgehead atoms. The summed E-state index contributed by atoms with van der Waals surface area (Å²) in [4.78, 5) is 16.2. The van der Waals surface area contributed by atoms with Crippen molar-refractivity contribution >= 4 is 22.9 Å². The number of para-hydroxylation sites is 2. The highest BCUT2D eigenvalue weighted by Gasteiger charge is 2.25. The molecule has 0 spiro atoms. The normalized spacial score (nSPS) is 11.1. The molecule has 0 saturated carbocycles. The molecule has 6 heteroatoms. The minimum Gasteiger partial charge on any atom is -0.491 e. The van der Waals surface area contributed by atoms with E-state index in [4.69, 9.17) is 10.5 Å². The maximum Gasteiger partial charge on any atom is 0.224 e. The van der Waals surface area contributed by atoms with Gasteiger partial charge in [-0.2, -0.15) is 0 Å². The van der Waals surface area contributed by atoms with Crippen LogP contribution in [0.15, 0.2) is 35.8 Å². The Labute approximate surface area is 128 Å². The molecule has 1 heterocycles. The number of amides is 1. The molecule has 0 aliphatic carbocycles. The summed E-state index contributed by atoms with van der Waals surface area (Å²) in [5.41, 5.74) is 5.87. The highest BCUT2D eigenvalue weighted by atomic mass is 32.1. The number of hydrogen-bond donors (Lipinski definition) is 2. The van der Waals surface area contributed by atoms with E-state index in [2.05, 4.69) is 10.3 Å². The number of thiazole rings is 1. The van der Waals surface area contributed by atoms with Crippen molar-refractivity contribution in [2.75, 3.05) is 12.3 Å². The van der Waals surface area contributed by atoms with Crippen LogP contribution in [0.4, 0.5) is 5.69 Å². The Kier molecular flexibility index (Phi) is 4.80. The predicted octanol–water partition coefficient (Wildman–Crippen LogP) is 2.55. The zero-order valence-electron chi connectivity index (χ0n) is 12.1. The van der Waals surface area contributed by atoms with Crippen LogP contribution in [0.5, 0.6) is 5.75 Å². The number of anilines is 1. The summed E-state index contributed by atoms with van der Waals surface area (Å²) in [6.07, 6.45) is 2.00. The number of nitrogens with one attached hydrogen (secondary N) is 1. The molecule has 1 amide bonds. The third-order valence-corrected chi connectivity index (χ3v) is 4.02. The first-order valence-corrected chi connectivity index (χ1v) is 7.55. The monoisotopic (exact) mass is 305 g/mol. The lowest BCUT2D eigenvalue weighted by Gasteiger charge is -2.23. The SMILES string of the molecule is CC(C)(NC(=O)CCOc1ccccc1N)c1nccs1. The summed E-state index contributed by atoms with van der Waals surface area (Å²) in [7, 11) is 0. The molecule has 5 nitrogen and oxygen atoms in total. The molecule has 0 aliphatic heterocycles. The number of rotatable bonds is 6. The van der Waals surface area contributed by atoms with Gasteiger partial charge in [-0.25, -0.2) is 4.98 Å². The van der Waals surface area contributed by atoms with E-state index in [0.717, 1.165) is 5.01 Å². The van der Waals surface area contributed by atoms with Crippen molar-refractivity contribution in [2.45, 2.75) is 25.8 Å². The van der Waals surface area contributed by atoms with E-state index >= 15 is 0 Å². The van der Waals surface area contributed by atoms with E-state index in [9.17, 15) is 4.79 Å². The van der Waals surface area contributed by atoms with Crippen molar-refractivity contribution in [3.05, 3.63) is 40.8 Å². The smallest absolute Gasteiger partial charge is 0.224 e. The van der Waals surface area contributed by atoms with Gasteiger partial charge in [0.05, 0.1) is 24.3 Å². The molecule has 1 aromatic heterocycles. The van der Waals surface area contributed by atoms with Gasteiger partial charge in [-0.3, -0.25) is 4.79 Å². The third kappa shape index (κ3) is 4.19. The summed E-state index contributed by atoms with van der Waals surface area (Å²) in [6, 6.07) is 7.23. The molecular formula is C15H19N3O2S. The van der Waals surface area contributed by atoms with Gasteiger partial charge in [0.25, 0.3) is 0 Å². The van der Waals surface area contributed by atoms with Gasteiger partial charge in [-0.15, -0.1) is 11.3 Å². The fraction of sp³-hybridized carbons (Fsp3) is 0.333. The second kappa shape index (κ2) is 6.58. The van der Waals surface area contributed by atoms with Crippen molar-refractivity contribution in [1.82, 2.24) is 10.3 Å². The number of nitrogens with two attached hydrogens (primary N) is 1. The van der Waals surface area contributed by atoms with Gasteiger partial charge in [-0.05, 0) is 26.0 Å². The van der Waals surface area contributed by atoms with Crippen LogP contribution in [0, 0.1) is 0 Å². The minimum absolute atomic E-state index is 0.0790. The van der Waals surface area contributed by atoms with E-state index in [1.807, 2.05) is 31.4 Å². The van der Waals surface area contributed by atoms with Crippen LogP contribution in [0.1, 0.15) is 25.3 Å². The Balaban J connectivity index is 1.82. The van der Waals surface area contributed by atoms with Crippen LogP contribution < -0.4 is 15.8 Å². The topological polar surface area (TPSA) is 77.2 Å². The average molecular weight is 305 g/mol. The zero-order chi connectivity index (χ0) is 15.3. The number of benzene rings is 1. The number of carbonyl (C=O) groups is 1. The first-order chi connectivity index (χ1) is 9.99. The number of aromatic nitrogens is 1. The van der Waals surface area contributed by atoms with Gasteiger partial charge < -0.3 is 15.8 Å². The highest BCUT2D eigenvalue weighted by molar-refractivity contribution is 7.09. The molecule has 3 N–H and O–H groups in total. The molecule has 2 aromatic rings. The summed E-state index contributed by atoms with van der Waals surface area (Å²) in [5.74, 6) is 0.522. The van der Waals surface area contributed by atoms with Gasteiger partial charge in [0.1, 0.15) is 10.8 Å². The van der Waals surface area contributed by atoms with E-state index in [-0.39, 0.29) is 18.9 Å². The molecule has 0 radical (unpaired) electrons. The summed E-state index contributed by atoms with van der Waals surface area (Å²) in [5, 5.41) is 5.73. The number of ether oxygens (including phenoxy) is 1. The predicted molar refractivity (Wildman–Crippen MR) is 84.2 cm³/mol. The van der Waals surface area contributed by atoms with Crippen LogP contribution in [0.25, 0.3) is 0 Å². The molecule has 0 fully saturated rings. The van der Waals surface area contributed by atoms with Crippen molar-refractivity contribution in [1.29, 1.82) is 0 Å². The van der Waals surface area contributed by atoms with Gasteiger partial charge in [-0.1, -0.05) is 12.1 Å². The molecular weight excluding hydrogens is 286 g/mol. The lowest BCUT2D eigenvalue weighted by Crippen LogP contribution is -2.41. The lowest BCUT2D eigenvalue weighted by molar-refractivity contribution is -0.123. The Morgan fingerprint density at radius 1 is 1.43 bits per heavy atom. The van der Waals surface area contributed by atoms with Gasteiger partial charge in [0.2, 0.25) is 5.91 Å². The number of carbonyl (C=O) groups excluding carboxylic acids is 1. The van der Waals surface area contributed by atoms with Crippen LogP contribution >= 0.6 is 11.3 Å². The molecule has 1 aromatic carbocycles. The summed E-state index contributed by atoms with van der Waals surface area (Å²) in [6.45, 7) is 4.15. The average Bonchev–Trinajstić information content (AvgIpc) is 2.95. The Morgan fingerprint density at radius 2 is 2.19 bits per heavy atom. The summed E-state index contributed by atoms with van der Waals surface area (Å²) < 4.78 is 5.51. The van der Waals surface area contributed by atoms with Crippen molar-refractivity contribution in [2.24, 2.45) is 0 Å². The highest BCUT2D eigenvalue weighted by Crippen LogP contribution is 2.22. The number of nitrogen functional groups attached to an aromatic ring is 1. The quantitative estimate of drug-likeness (QED) is 0.804. The van der Waals surface area contributed by atoms with Gasteiger partial charge in [0.15, 0.2) is 0 Å². The second-order valence-corrected chi connectivity index (χ2v) is 6.04. The zero-order valence-corrected chi connectivity index (χ0v) is 12.9. The molecule has 0 atom stereocenters. The number of hydrogen-bond acceptors (Lipinski definition) is 5. The Hall–Kier alpha value is -2.08. The molecule has 0 saturated heterocycles. The molecule has 112 valence electrons. The summed E-state index contributed by atoms with van der Waals surface area (Å²) >= 11 is 1.52. The molecule has 2 rings (SSSR count). The largest absolute Gasteiger partial charge is 0.491 e. The van der Waals surface area contributed by atoms with Crippen LogP contribution in [0.3, 0.4) is 0 Å². The maximum absolute atomic E-state index is 12.0. The van der Waals surface area contributed by atoms with Crippen LogP contribution in [0.2, 0.25) is 0 Å². The van der Waals surface area contributed by atoms with E-state index < -0.39 is 5.54 Å². The van der Waals surface area contributed by atoms with Crippen molar-refractivity contribution in [3.63, 3.8) is 0 Å². The van der Waals surface area contributed by atoms with Crippen LogP contribution in [-0.2, 0) is 10.3 Å². The second-order valence-electron chi connectivity index (χ2n) is 5.15. The van der Waals surface area contributed by atoms with E-state index in [0.29, 0.717) is 11.4 Å². The number of nitrogens with zero attached hydrogens (tertiary/aromatic N) is 1. The Morgan fingerprint density at radius 3 is 2.86 bits per heavy atom. The van der Waals surface area contributed by atoms with Crippen molar-refractivity contribution < 1.29 is 9.53 Å². The standard InChI is InChI=1S/C15H19N3O2S/c1-15(2,14-17-8-10-21-14)18-13(19)7-9-20-12-6-4-3-5-11(12)16/h3-6,8,10H,7,9,16H2,1-2H3,(H,18,19). The fourth-order valence-corrected chi connectivity index (χ4v) is 2.58. The third-order valence-electron chi connectivity index (χ3n) is 2.92. The van der Waals surface area contributed by atoms with Crippen LogP contribution in [-0.4, -0.2) is 17.5 Å². The molecule has 0 aliphatic rings. The van der Waals surface area contributed by atoms with Gasteiger partial charge >= 0.3 is 0 Å². The van der Waals surface area contributed by atoms with E-state index in [1.165, 1.54) is 11.3 Å². The van der Waals surface area contributed by atoms with Crippen molar-refractivity contribution in [3.8, 4) is 5.75 Å². The first kappa shape index (κ1) is 15.3. The van der Waals surface area contributed by atoms with E-state index in [1.54, 1.807) is 18.3 Å². The first-order valence-electron chi connectivity index (χ1n) is 6.67. The maximum atomic E-state index is 12.0. The molecule has 21 heavy (non-hydrogen) atoms. The van der Waals surface area contributed by atoms with Gasteiger partial charge in [0, 0.05) is 11.6 Å². The fourth-order valence-electron chi connectivity index (χ4n) is 1.86.